The Morgan fingerprint density at radius 1 is 1.07 bits per heavy atom. The number of benzene rings is 2. The van der Waals surface area contributed by atoms with Crippen molar-refractivity contribution in [3.8, 4) is 11.5 Å². The van der Waals surface area contributed by atoms with E-state index in [1.807, 2.05) is 6.92 Å². The van der Waals surface area contributed by atoms with Gasteiger partial charge in [0.05, 0.1) is 36.1 Å². The number of rotatable bonds is 11. The fraction of sp³-hybridized carbons (Fsp3) is 0.333. The summed E-state index contributed by atoms with van der Waals surface area (Å²) in [6.45, 7) is 5.72. The van der Waals surface area contributed by atoms with E-state index in [-0.39, 0.29) is 31.0 Å². The van der Waals surface area contributed by atoms with Crippen molar-refractivity contribution in [1.82, 2.24) is 4.57 Å². The van der Waals surface area contributed by atoms with E-state index >= 15 is 0 Å². The predicted octanol–water partition coefficient (Wildman–Crippen LogP) is 4.18. The maximum absolute atomic E-state index is 13.9. The number of carbonyl (C=O) groups is 2. The Balaban J connectivity index is 1.84. The van der Waals surface area contributed by atoms with Gasteiger partial charge < -0.3 is 18.9 Å². The minimum atomic E-state index is -0.846. The third-order valence-electron chi connectivity index (χ3n) is 6.22. The lowest BCUT2D eigenvalue weighted by molar-refractivity contribution is -0.145. The van der Waals surface area contributed by atoms with Gasteiger partial charge in [-0.1, -0.05) is 48.4 Å². The van der Waals surface area contributed by atoms with Crippen molar-refractivity contribution in [3.05, 3.63) is 89.6 Å². The van der Waals surface area contributed by atoms with Crippen molar-refractivity contribution in [3.63, 3.8) is 0 Å². The van der Waals surface area contributed by atoms with E-state index in [0.29, 0.717) is 43.5 Å². The number of ether oxygens (including phenoxy) is 4. The molecule has 1 aliphatic heterocycles. The number of thiazole rings is 1. The van der Waals surface area contributed by atoms with E-state index in [4.69, 9.17) is 35.5 Å². The van der Waals surface area contributed by atoms with E-state index in [9.17, 15) is 14.4 Å². The molecule has 1 aliphatic rings. The fourth-order valence-electron chi connectivity index (χ4n) is 4.49. The van der Waals surface area contributed by atoms with Gasteiger partial charge in [-0.2, -0.15) is 0 Å². The first-order valence-electron chi connectivity index (χ1n) is 13.2. The molecule has 0 spiro atoms. The van der Waals surface area contributed by atoms with Gasteiger partial charge in [-0.15, -0.1) is 0 Å². The molecular weight excluding hydrogens is 568 g/mol. The Bertz CT molecular complexity index is 1640. The monoisotopic (exact) mass is 598 g/mol. The Kier molecular flexibility index (Phi) is 10.0. The summed E-state index contributed by atoms with van der Waals surface area (Å²) in [4.78, 5) is 44.1. The molecule has 2 aromatic carbocycles. The van der Waals surface area contributed by atoms with Crippen LogP contribution in [0.2, 0.25) is 5.02 Å². The predicted molar refractivity (Wildman–Crippen MR) is 156 cm³/mol. The number of halogens is 1. The molecule has 0 bridgehead atoms. The minimum Gasteiger partial charge on any atom is -0.496 e. The molecule has 0 aliphatic carbocycles. The van der Waals surface area contributed by atoms with Gasteiger partial charge >= 0.3 is 11.9 Å². The summed E-state index contributed by atoms with van der Waals surface area (Å²) in [6, 6.07) is 11.2. The number of allylic oxidation sites excluding steroid dienone is 1. The van der Waals surface area contributed by atoms with Gasteiger partial charge in [0.1, 0.15) is 17.5 Å². The zero-order chi connectivity index (χ0) is 29.5. The summed E-state index contributed by atoms with van der Waals surface area (Å²) in [5, 5.41) is 0.436. The number of hydrogen-bond donors (Lipinski definition) is 0. The SMILES string of the molecule is CCCC1=C(C(=O)OCC)[C@@H](c2cc(Cl)ccc2OC)n2c(s/c(=C/c3ccc(OCC(=O)OCC)cc3)c2=O)=N1. The van der Waals surface area contributed by atoms with Crippen LogP contribution in [0, 0.1) is 0 Å². The van der Waals surface area contributed by atoms with Crippen LogP contribution in [0.4, 0.5) is 0 Å². The van der Waals surface area contributed by atoms with Crippen molar-refractivity contribution >= 4 is 41.0 Å². The molecule has 11 heteroatoms. The molecule has 216 valence electrons. The Hall–Kier alpha value is -3.89. The third-order valence-corrected chi connectivity index (χ3v) is 7.44. The normalized spacial score (nSPS) is 14.8. The Morgan fingerprint density at radius 2 is 1.80 bits per heavy atom. The molecule has 0 unspecified atom stereocenters. The quantitative estimate of drug-likeness (QED) is 0.305. The van der Waals surface area contributed by atoms with Crippen LogP contribution in [0.1, 0.15) is 50.8 Å². The first-order valence-corrected chi connectivity index (χ1v) is 14.4. The zero-order valence-electron chi connectivity index (χ0n) is 23.3. The zero-order valence-corrected chi connectivity index (χ0v) is 24.8. The van der Waals surface area contributed by atoms with Gasteiger partial charge in [0.25, 0.3) is 5.56 Å². The third kappa shape index (κ3) is 6.71. The molecule has 4 rings (SSSR count). The summed E-state index contributed by atoms with van der Waals surface area (Å²) in [6.07, 6.45) is 3.00. The topological polar surface area (TPSA) is 105 Å². The summed E-state index contributed by atoms with van der Waals surface area (Å²) < 4.78 is 23.3. The number of aromatic nitrogens is 1. The van der Waals surface area contributed by atoms with Crippen molar-refractivity contribution in [2.75, 3.05) is 26.9 Å². The molecule has 0 amide bonds. The van der Waals surface area contributed by atoms with Gasteiger partial charge in [-0.3, -0.25) is 9.36 Å². The van der Waals surface area contributed by atoms with E-state index < -0.39 is 18.0 Å². The highest BCUT2D eigenvalue weighted by Crippen LogP contribution is 2.38. The van der Waals surface area contributed by atoms with Gasteiger partial charge in [0, 0.05) is 10.6 Å². The number of methoxy groups -OCH3 is 1. The molecular formula is C30H31ClN2O7S. The molecule has 0 saturated heterocycles. The highest BCUT2D eigenvalue weighted by Gasteiger charge is 2.36. The van der Waals surface area contributed by atoms with Crippen LogP contribution < -0.4 is 24.4 Å². The van der Waals surface area contributed by atoms with Gasteiger partial charge in [-0.25, -0.2) is 14.6 Å². The molecule has 0 N–H and O–H groups in total. The molecule has 0 radical (unpaired) electrons. The number of hydrogen-bond acceptors (Lipinski definition) is 9. The minimum absolute atomic E-state index is 0.172. The Labute approximate surface area is 246 Å². The maximum atomic E-state index is 13.9. The van der Waals surface area contributed by atoms with Crippen molar-refractivity contribution in [1.29, 1.82) is 0 Å². The van der Waals surface area contributed by atoms with E-state index in [1.165, 1.54) is 23.0 Å². The summed E-state index contributed by atoms with van der Waals surface area (Å²) in [5.41, 5.74) is 1.84. The van der Waals surface area contributed by atoms with Crippen molar-refractivity contribution in [2.24, 2.45) is 4.99 Å². The van der Waals surface area contributed by atoms with Crippen LogP contribution in [-0.2, 0) is 19.1 Å². The van der Waals surface area contributed by atoms with E-state index in [0.717, 1.165) is 12.0 Å². The second-order valence-corrected chi connectivity index (χ2v) is 10.4. The molecule has 0 saturated carbocycles. The number of nitrogens with zero attached hydrogens (tertiary/aromatic N) is 2. The Morgan fingerprint density at radius 3 is 2.46 bits per heavy atom. The average Bonchev–Trinajstić information content (AvgIpc) is 3.26. The molecule has 2 heterocycles. The van der Waals surface area contributed by atoms with Gasteiger partial charge in [0.2, 0.25) is 0 Å². The van der Waals surface area contributed by atoms with Crippen LogP contribution in [0.25, 0.3) is 6.08 Å². The lowest BCUT2D eigenvalue weighted by Gasteiger charge is -2.27. The molecule has 41 heavy (non-hydrogen) atoms. The standard InChI is InChI=1S/C30H31ClN2O7S/c1-5-8-22-26(29(36)39-7-3)27(21-16-19(31)11-14-23(21)37-4)33-28(35)24(41-30(33)32-22)15-18-9-12-20(13-10-18)40-17-25(34)38-6-2/h9-16,27H,5-8,17H2,1-4H3/b24-15+/t27-/m1/s1. The molecule has 1 atom stereocenters. The van der Waals surface area contributed by atoms with Crippen molar-refractivity contribution < 1.29 is 28.5 Å². The number of fused-ring (bicyclic) bond motifs is 1. The van der Waals surface area contributed by atoms with Crippen LogP contribution in [0.3, 0.4) is 0 Å². The summed E-state index contributed by atoms with van der Waals surface area (Å²) in [7, 11) is 1.53. The van der Waals surface area contributed by atoms with Crippen LogP contribution in [0.15, 0.2) is 63.5 Å². The smallest absolute Gasteiger partial charge is 0.344 e. The summed E-state index contributed by atoms with van der Waals surface area (Å²) in [5.74, 6) is -0.0208. The lowest BCUT2D eigenvalue weighted by atomic mass is 9.93. The fourth-order valence-corrected chi connectivity index (χ4v) is 5.69. The van der Waals surface area contributed by atoms with E-state index in [1.54, 1.807) is 62.4 Å². The number of carbonyl (C=O) groups excluding carboxylic acids is 2. The number of esters is 2. The van der Waals surface area contributed by atoms with Gasteiger partial charge in [0.15, 0.2) is 11.4 Å². The molecule has 9 nitrogen and oxygen atoms in total. The lowest BCUT2D eigenvalue weighted by Crippen LogP contribution is -2.40. The largest absolute Gasteiger partial charge is 0.496 e. The van der Waals surface area contributed by atoms with Crippen molar-refractivity contribution in [2.45, 2.75) is 39.7 Å². The summed E-state index contributed by atoms with van der Waals surface area (Å²) >= 11 is 7.62. The molecule has 3 aromatic rings. The van der Waals surface area contributed by atoms with E-state index in [2.05, 4.69) is 0 Å². The van der Waals surface area contributed by atoms with Crippen LogP contribution in [-0.4, -0.2) is 43.4 Å². The van der Waals surface area contributed by atoms with Gasteiger partial charge in [-0.05, 0) is 62.2 Å². The van der Waals surface area contributed by atoms with Crippen LogP contribution >= 0.6 is 22.9 Å². The van der Waals surface area contributed by atoms with Crippen LogP contribution in [0.5, 0.6) is 11.5 Å². The second-order valence-electron chi connectivity index (χ2n) is 8.96. The molecule has 1 aromatic heterocycles. The second kappa shape index (κ2) is 13.6. The average molecular weight is 599 g/mol. The first kappa shape index (κ1) is 30.1. The first-order chi connectivity index (χ1) is 19.8. The highest BCUT2D eigenvalue weighted by molar-refractivity contribution is 7.07. The highest BCUT2D eigenvalue weighted by atomic mass is 35.5. The molecule has 0 fully saturated rings. The maximum Gasteiger partial charge on any atom is 0.344 e.